The quantitative estimate of drug-likeness (QED) is 0.568. The summed E-state index contributed by atoms with van der Waals surface area (Å²) >= 11 is 1.80. The maximum atomic E-state index is 5.32. The van der Waals surface area contributed by atoms with Crippen LogP contribution in [0.25, 0.3) is 16.0 Å². The molecule has 0 fully saturated rings. The highest BCUT2D eigenvalue weighted by molar-refractivity contribution is 7.19. The molecule has 0 spiro atoms. The number of nitrogens with zero attached hydrogens (tertiary/aromatic N) is 6. The van der Waals surface area contributed by atoms with Crippen LogP contribution in [-0.4, -0.2) is 78.6 Å². The maximum absolute atomic E-state index is 5.32. The number of hydrogen-bond acceptors (Lipinski definition) is 8. The van der Waals surface area contributed by atoms with Crippen LogP contribution in [0, 0.1) is 0 Å². The second kappa shape index (κ2) is 8.01. The number of ether oxygens (including phenoxy) is 2. The number of likely N-dealkylation sites (N-methyl/N-ethyl adjacent to an activating group) is 1. The number of methoxy groups -OCH3 is 2. The summed E-state index contributed by atoms with van der Waals surface area (Å²) in [4.78, 5) is 11.2. The molecule has 0 radical (unpaired) electrons. The first-order chi connectivity index (χ1) is 13.3. The lowest BCUT2D eigenvalue weighted by Crippen LogP contribution is -3.11. The summed E-state index contributed by atoms with van der Waals surface area (Å²) < 4.78 is 12.4. The standard InChI is InChI=1S/C17H25N7O2S/c1-4-22-6-5-12-13(11-22)27-16-14(12)15(18-17-19-20-21-24(16)17)23(7-9-25-2)8-10-26-3/h4-11H2,1-3H3/p+1. The van der Waals surface area contributed by atoms with Gasteiger partial charge in [-0.2, -0.15) is 9.50 Å². The van der Waals surface area contributed by atoms with Crippen molar-refractivity contribution in [1.82, 2.24) is 25.0 Å². The predicted octanol–water partition coefficient (Wildman–Crippen LogP) is -0.206. The second-order valence-corrected chi connectivity index (χ2v) is 7.85. The van der Waals surface area contributed by atoms with E-state index < -0.39 is 0 Å². The Hall–Kier alpha value is -1.88. The topological polar surface area (TPSA) is 82.1 Å². The maximum Gasteiger partial charge on any atom is 0.276 e. The van der Waals surface area contributed by atoms with Crippen molar-refractivity contribution in [2.75, 3.05) is 58.5 Å². The summed E-state index contributed by atoms with van der Waals surface area (Å²) in [6, 6.07) is 0. The first-order valence-corrected chi connectivity index (χ1v) is 10.2. The molecule has 0 amide bonds. The molecule has 9 nitrogen and oxygen atoms in total. The summed E-state index contributed by atoms with van der Waals surface area (Å²) in [5, 5.41) is 13.3. The minimum atomic E-state index is 0.538. The van der Waals surface area contributed by atoms with Crippen molar-refractivity contribution in [3.05, 3.63) is 10.4 Å². The minimum absolute atomic E-state index is 0.538. The van der Waals surface area contributed by atoms with E-state index in [1.165, 1.54) is 15.8 Å². The fraction of sp³-hybridized carbons (Fsp3) is 0.647. The highest BCUT2D eigenvalue weighted by atomic mass is 32.1. The number of anilines is 1. The number of fused-ring (bicyclic) bond motifs is 5. The van der Waals surface area contributed by atoms with Crippen LogP contribution in [0.5, 0.6) is 0 Å². The van der Waals surface area contributed by atoms with Gasteiger partial charge in [-0.15, -0.1) is 11.3 Å². The van der Waals surface area contributed by atoms with E-state index in [9.17, 15) is 0 Å². The van der Waals surface area contributed by atoms with Crippen LogP contribution in [0.2, 0.25) is 0 Å². The molecule has 146 valence electrons. The van der Waals surface area contributed by atoms with Gasteiger partial charge in [0, 0.05) is 33.7 Å². The first kappa shape index (κ1) is 18.5. The van der Waals surface area contributed by atoms with Gasteiger partial charge in [-0.1, -0.05) is 5.10 Å². The van der Waals surface area contributed by atoms with E-state index >= 15 is 0 Å². The monoisotopic (exact) mass is 392 g/mol. The molecule has 10 heteroatoms. The molecule has 4 heterocycles. The van der Waals surface area contributed by atoms with E-state index in [1.807, 2.05) is 0 Å². The lowest BCUT2D eigenvalue weighted by atomic mass is 10.0. The van der Waals surface area contributed by atoms with E-state index in [-0.39, 0.29) is 0 Å². The van der Waals surface area contributed by atoms with Crippen LogP contribution in [0.4, 0.5) is 5.82 Å². The summed E-state index contributed by atoms with van der Waals surface area (Å²) in [7, 11) is 3.44. The van der Waals surface area contributed by atoms with Crippen molar-refractivity contribution in [2.24, 2.45) is 0 Å². The van der Waals surface area contributed by atoms with E-state index in [1.54, 1.807) is 35.0 Å². The zero-order valence-electron chi connectivity index (χ0n) is 16.1. The molecule has 1 aliphatic heterocycles. The Morgan fingerprint density at radius 2 is 2.00 bits per heavy atom. The lowest BCUT2D eigenvalue weighted by molar-refractivity contribution is -0.913. The Labute approximate surface area is 161 Å². The fourth-order valence-corrected chi connectivity index (χ4v) is 5.05. The molecule has 0 saturated carbocycles. The molecular formula is C17H26N7O2S+. The number of thiophene rings is 1. The summed E-state index contributed by atoms with van der Waals surface area (Å²) in [5.41, 5.74) is 1.41. The highest BCUT2D eigenvalue weighted by Gasteiger charge is 2.28. The van der Waals surface area contributed by atoms with Crippen LogP contribution >= 0.6 is 11.3 Å². The van der Waals surface area contributed by atoms with Crippen molar-refractivity contribution in [1.29, 1.82) is 0 Å². The molecule has 0 bridgehead atoms. The lowest BCUT2D eigenvalue weighted by Gasteiger charge is -2.25. The van der Waals surface area contributed by atoms with Crippen molar-refractivity contribution >= 4 is 33.1 Å². The number of quaternary nitrogens is 1. The van der Waals surface area contributed by atoms with Crippen LogP contribution in [-0.2, 0) is 22.4 Å². The Kier molecular flexibility index (Phi) is 5.48. The molecule has 0 aliphatic carbocycles. The van der Waals surface area contributed by atoms with Crippen molar-refractivity contribution < 1.29 is 14.4 Å². The average Bonchev–Trinajstić information content (AvgIpc) is 3.31. The highest BCUT2D eigenvalue weighted by Crippen LogP contribution is 2.37. The molecule has 3 aromatic rings. The normalized spacial score (nSPS) is 16.9. The molecule has 1 atom stereocenters. The fourth-order valence-electron chi connectivity index (χ4n) is 3.69. The SMILES string of the molecule is CC[NH+]1CCc2c(sc3c2c(N(CCOC)CCOC)nc2nnnn23)C1. The van der Waals surface area contributed by atoms with E-state index in [0.717, 1.165) is 49.8 Å². The molecule has 3 aromatic heterocycles. The second-order valence-electron chi connectivity index (χ2n) is 6.76. The Morgan fingerprint density at radius 1 is 1.22 bits per heavy atom. The third kappa shape index (κ3) is 3.38. The summed E-state index contributed by atoms with van der Waals surface area (Å²) in [6.45, 7) is 8.35. The zero-order valence-corrected chi connectivity index (χ0v) is 16.9. The van der Waals surface area contributed by atoms with Gasteiger partial charge in [0.05, 0.1) is 36.6 Å². The molecule has 27 heavy (non-hydrogen) atoms. The largest absolute Gasteiger partial charge is 0.383 e. The van der Waals surface area contributed by atoms with Gasteiger partial charge in [0.25, 0.3) is 5.78 Å². The smallest absolute Gasteiger partial charge is 0.276 e. The van der Waals surface area contributed by atoms with Gasteiger partial charge >= 0.3 is 0 Å². The van der Waals surface area contributed by atoms with Gasteiger partial charge in [0.2, 0.25) is 0 Å². The van der Waals surface area contributed by atoms with Gasteiger partial charge in [-0.25, -0.2) is 0 Å². The predicted molar refractivity (Wildman–Crippen MR) is 104 cm³/mol. The van der Waals surface area contributed by atoms with Crippen LogP contribution in [0.3, 0.4) is 0 Å². The third-order valence-electron chi connectivity index (χ3n) is 5.22. The third-order valence-corrected chi connectivity index (χ3v) is 6.42. The summed E-state index contributed by atoms with van der Waals surface area (Å²) in [5.74, 6) is 1.48. The molecular weight excluding hydrogens is 366 g/mol. The number of rotatable bonds is 8. The van der Waals surface area contributed by atoms with Gasteiger partial charge in [-0.3, -0.25) is 0 Å². The number of aromatic nitrogens is 5. The zero-order chi connectivity index (χ0) is 18.8. The van der Waals surface area contributed by atoms with Crippen molar-refractivity contribution in [3.8, 4) is 0 Å². The Bertz CT molecular complexity index is 917. The van der Waals surface area contributed by atoms with E-state index in [2.05, 4.69) is 27.3 Å². The molecule has 0 saturated heterocycles. The molecule has 0 aromatic carbocycles. The Morgan fingerprint density at radius 3 is 2.70 bits per heavy atom. The molecule has 1 N–H and O–H groups in total. The number of tetrazole rings is 1. The van der Waals surface area contributed by atoms with Crippen molar-refractivity contribution in [2.45, 2.75) is 19.9 Å². The van der Waals surface area contributed by atoms with Crippen LogP contribution in [0.15, 0.2) is 0 Å². The van der Waals surface area contributed by atoms with Crippen LogP contribution < -0.4 is 9.80 Å². The number of nitrogens with one attached hydrogen (secondary N) is 1. The molecule has 1 aliphatic rings. The summed E-state index contributed by atoms with van der Waals surface area (Å²) in [6.07, 6.45) is 1.06. The van der Waals surface area contributed by atoms with Gasteiger partial charge < -0.3 is 19.3 Å². The first-order valence-electron chi connectivity index (χ1n) is 9.35. The number of hydrogen-bond donors (Lipinski definition) is 1. The Balaban J connectivity index is 1.88. The van der Waals surface area contributed by atoms with Crippen LogP contribution in [0.1, 0.15) is 17.4 Å². The van der Waals surface area contributed by atoms with E-state index in [0.29, 0.717) is 19.0 Å². The molecule has 4 rings (SSSR count). The van der Waals surface area contributed by atoms with Gasteiger partial charge in [-0.05, 0) is 22.9 Å². The average molecular weight is 393 g/mol. The van der Waals surface area contributed by atoms with Gasteiger partial charge in [0.15, 0.2) is 0 Å². The van der Waals surface area contributed by atoms with Crippen molar-refractivity contribution in [3.63, 3.8) is 0 Å². The minimum Gasteiger partial charge on any atom is -0.383 e. The van der Waals surface area contributed by atoms with E-state index in [4.69, 9.17) is 14.5 Å². The molecule has 1 unspecified atom stereocenters. The van der Waals surface area contributed by atoms with Gasteiger partial charge in [0.1, 0.15) is 17.2 Å².